The average molecular weight is 156 g/mol. The van der Waals surface area contributed by atoms with Crippen LogP contribution in [0.5, 0.6) is 0 Å². The second-order valence-corrected chi connectivity index (χ2v) is 3.33. The molecule has 0 heterocycles. The highest BCUT2D eigenvalue weighted by molar-refractivity contribution is 5.50. The second kappa shape index (κ2) is 5.34. The van der Waals surface area contributed by atoms with Crippen molar-refractivity contribution >= 4 is 6.29 Å². The lowest BCUT2D eigenvalue weighted by atomic mass is 9.76. The lowest BCUT2D eigenvalue weighted by molar-refractivity contribution is -0.110. The van der Waals surface area contributed by atoms with E-state index in [9.17, 15) is 4.79 Å². The summed E-state index contributed by atoms with van der Waals surface area (Å²) in [5, 5.41) is 0. The third-order valence-corrected chi connectivity index (χ3v) is 2.80. The number of hydrogen-bond donors (Lipinski definition) is 0. The minimum Gasteiger partial charge on any atom is -0.303 e. The smallest absolute Gasteiger partial charge is 0.120 e. The Morgan fingerprint density at radius 3 is 2.00 bits per heavy atom. The van der Waals surface area contributed by atoms with Gasteiger partial charge in [-0.15, -0.1) is 0 Å². The van der Waals surface area contributed by atoms with Gasteiger partial charge in [0, 0.05) is 6.42 Å². The number of aldehydes is 1. The minimum absolute atomic E-state index is 0.316. The zero-order valence-corrected chi connectivity index (χ0v) is 8.02. The quantitative estimate of drug-likeness (QED) is 0.540. The van der Waals surface area contributed by atoms with E-state index in [2.05, 4.69) is 20.8 Å². The lowest BCUT2D eigenvalue weighted by Crippen LogP contribution is -2.18. The van der Waals surface area contributed by atoms with E-state index in [0.29, 0.717) is 5.41 Å². The van der Waals surface area contributed by atoms with Crippen LogP contribution in [0, 0.1) is 5.41 Å². The van der Waals surface area contributed by atoms with E-state index in [1.807, 2.05) is 0 Å². The molecular weight excluding hydrogens is 136 g/mol. The van der Waals surface area contributed by atoms with Gasteiger partial charge in [0.25, 0.3) is 0 Å². The van der Waals surface area contributed by atoms with Crippen molar-refractivity contribution in [2.75, 3.05) is 0 Å². The predicted molar refractivity (Wildman–Crippen MR) is 48.6 cm³/mol. The fraction of sp³-hybridized carbons (Fsp3) is 0.900. The average Bonchev–Trinajstić information content (AvgIpc) is 2.04. The first-order chi connectivity index (χ1) is 5.24. The Bertz CT molecular complexity index is 103. The molecule has 66 valence electrons. The molecular formula is C10H20O. The van der Waals surface area contributed by atoms with Crippen molar-refractivity contribution < 1.29 is 4.79 Å². The van der Waals surface area contributed by atoms with Gasteiger partial charge in [-0.1, -0.05) is 40.0 Å². The van der Waals surface area contributed by atoms with Crippen molar-refractivity contribution in [3.05, 3.63) is 0 Å². The van der Waals surface area contributed by atoms with Gasteiger partial charge in [-0.2, -0.15) is 0 Å². The summed E-state index contributed by atoms with van der Waals surface area (Å²) in [5.41, 5.74) is 0.316. The molecule has 0 bridgehead atoms. The molecule has 0 amide bonds. The fourth-order valence-electron chi connectivity index (χ4n) is 1.70. The van der Waals surface area contributed by atoms with Gasteiger partial charge in [0.15, 0.2) is 0 Å². The molecule has 11 heavy (non-hydrogen) atoms. The summed E-state index contributed by atoms with van der Waals surface area (Å²) in [7, 11) is 0. The molecule has 0 aromatic heterocycles. The molecule has 0 saturated heterocycles. The van der Waals surface area contributed by atoms with E-state index < -0.39 is 0 Å². The summed E-state index contributed by atoms with van der Waals surface area (Å²) in [6.45, 7) is 6.55. The molecule has 0 aromatic carbocycles. The third kappa shape index (κ3) is 3.04. The normalized spacial score (nSPS) is 11.5. The zero-order chi connectivity index (χ0) is 8.74. The Hall–Kier alpha value is -0.330. The Labute approximate surface area is 70.2 Å². The Balaban J connectivity index is 4.06. The van der Waals surface area contributed by atoms with Gasteiger partial charge >= 0.3 is 0 Å². The van der Waals surface area contributed by atoms with Gasteiger partial charge in [-0.25, -0.2) is 0 Å². The van der Waals surface area contributed by atoms with E-state index in [4.69, 9.17) is 0 Å². The summed E-state index contributed by atoms with van der Waals surface area (Å²) < 4.78 is 0. The van der Waals surface area contributed by atoms with E-state index in [1.54, 1.807) is 0 Å². The van der Waals surface area contributed by atoms with Crippen LogP contribution in [0.3, 0.4) is 0 Å². The third-order valence-electron chi connectivity index (χ3n) is 2.80. The summed E-state index contributed by atoms with van der Waals surface area (Å²) >= 11 is 0. The molecule has 0 aliphatic carbocycles. The highest BCUT2D eigenvalue weighted by atomic mass is 16.1. The maximum absolute atomic E-state index is 10.4. The molecule has 1 heteroatoms. The van der Waals surface area contributed by atoms with Crippen LogP contribution in [0.15, 0.2) is 0 Å². The summed E-state index contributed by atoms with van der Waals surface area (Å²) in [4.78, 5) is 10.4. The standard InChI is InChI=1S/C10H20O/c1-4-7-10(5-2,6-3)8-9-11/h9H,4-8H2,1-3H3. The number of hydrogen-bond acceptors (Lipinski definition) is 1. The molecule has 0 saturated carbocycles. The maximum Gasteiger partial charge on any atom is 0.120 e. The van der Waals surface area contributed by atoms with Gasteiger partial charge in [0.2, 0.25) is 0 Å². The summed E-state index contributed by atoms with van der Waals surface area (Å²) in [5.74, 6) is 0. The predicted octanol–water partition coefficient (Wildman–Crippen LogP) is 3.18. The van der Waals surface area contributed by atoms with Gasteiger partial charge < -0.3 is 4.79 Å². The van der Waals surface area contributed by atoms with Crippen molar-refractivity contribution in [1.82, 2.24) is 0 Å². The molecule has 0 radical (unpaired) electrons. The first kappa shape index (κ1) is 10.7. The minimum atomic E-state index is 0.316. The number of rotatable bonds is 6. The molecule has 0 fully saturated rings. The van der Waals surface area contributed by atoms with Gasteiger partial charge in [-0.3, -0.25) is 0 Å². The van der Waals surface area contributed by atoms with Crippen LogP contribution in [0.4, 0.5) is 0 Å². The number of carbonyl (C=O) groups is 1. The van der Waals surface area contributed by atoms with Crippen molar-refractivity contribution in [3.63, 3.8) is 0 Å². The number of carbonyl (C=O) groups excluding carboxylic acids is 1. The SMILES string of the molecule is CCCC(CC)(CC)CC=O. The van der Waals surface area contributed by atoms with Crippen molar-refractivity contribution in [2.24, 2.45) is 5.41 Å². The molecule has 0 atom stereocenters. The monoisotopic (exact) mass is 156 g/mol. The molecule has 0 rings (SSSR count). The summed E-state index contributed by atoms with van der Waals surface area (Å²) in [6.07, 6.45) is 6.47. The maximum atomic E-state index is 10.4. The molecule has 0 aliphatic rings. The molecule has 1 nitrogen and oxygen atoms in total. The molecule has 0 aliphatic heterocycles. The topological polar surface area (TPSA) is 17.1 Å². The first-order valence-electron chi connectivity index (χ1n) is 4.68. The Morgan fingerprint density at radius 1 is 1.18 bits per heavy atom. The summed E-state index contributed by atoms with van der Waals surface area (Å²) in [6, 6.07) is 0. The van der Waals surface area contributed by atoms with E-state index in [1.165, 1.54) is 12.8 Å². The Morgan fingerprint density at radius 2 is 1.73 bits per heavy atom. The van der Waals surface area contributed by atoms with Crippen LogP contribution < -0.4 is 0 Å². The van der Waals surface area contributed by atoms with Crippen LogP contribution in [0.25, 0.3) is 0 Å². The van der Waals surface area contributed by atoms with Crippen molar-refractivity contribution in [2.45, 2.75) is 52.9 Å². The van der Waals surface area contributed by atoms with Crippen LogP contribution in [-0.2, 0) is 4.79 Å². The molecule has 0 N–H and O–H groups in total. The van der Waals surface area contributed by atoms with Crippen LogP contribution in [0.1, 0.15) is 52.9 Å². The fourth-order valence-corrected chi connectivity index (χ4v) is 1.70. The molecule has 0 aromatic rings. The molecule has 0 unspecified atom stereocenters. The van der Waals surface area contributed by atoms with Crippen LogP contribution in [0.2, 0.25) is 0 Å². The van der Waals surface area contributed by atoms with Crippen molar-refractivity contribution in [3.8, 4) is 0 Å². The lowest BCUT2D eigenvalue weighted by Gasteiger charge is -2.28. The van der Waals surface area contributed by atoms with Gasteiger partial charge in [0.1, 0.15) is 6.29 Å². The van der Waals surface area contributed by atoms with E-state index in [-0.39, 0.29) is 0 Å². The second-order valence-electron chi connectivity index (χ2n) is 3.33. The largest absolute Gasteiger partial charge is 0.303 e. The molecule has 0 spiro atoms. The van der Waals surface area contributed by atoms with Crippen molar-refractivity contribution in [1.29, 1.82) is 0 Å². The Kier molecular flexibility index (Phi) is 5.18. The van der Waals surface area contributed by atoms with Gasteiger partial charge in [0.05, 0.1) is 0 Å². The highest BCUT2D eigenvalue weighted by Gasteiger charge is 2.23. The van der Waals surface area contributed by atoms with Crippen LogP contribution in [-0.4, -0.2) is 6.29 Å². The highest BCUT2D eigenvalue weighted by Crippen LogP contribution is 2.34. The van der Waals surface area contributed by atoms with E-state index >= 15 is 0 Å². The zero-order valence-electron chi connectivity index (χ0n) is 8.02. The van der Waals surface area contributed by atoms with E-state index in [0.717, 1.165) is 25.5 Å². The van der Waals surface area contributed by atoms with Gasteiger partial charge in [-0.05, 0) is 11.8 Å². The van der Waals surface area contributed by atoms with Crippen LogP contribution >= 0.6 is 0 Å². The first-order valence-corrected chi connectivity index (χ1v) is 4.68.